The van der Waals surface area contributed by atoms with E-state index in [1.807, 2.05) is 6.92 Å². The van der Waals surface area contributed by atoms with E-state index >= 15 is 0 Å². The summed E-state index contributed by atoms with van der Waals surface area (Å²) >= 11 is 0. The van der Waals surface area contributed by atoms with E-state index in [1.165, 1.54) is 0 Å². The second-order valence-electron chi connectivity index (χ2n) is 7.20. The van der Waals surface area contributed by atoms with E-state index in [1.54, 1.807) is 25.7 Å². The number of hydrogen-bond acceptors (Lipinski definition) is 6. The molecule has 0 aliphatic carbocycles. The molecule has 134 valence electrons. The summed E-state index contributed by atoms with van der Waals surface area (Å²) < 4.78 is 5.09. The Bertz CT molecular complexity index is 585. The van der Waals surface area contributed by atoms with Gasteiger partial charge < -0.3 is 14.5 Å². The maximum atomic E-state index is 12.6. The Labute approximate surface area is 141 Å². The molecule has 1 fully saturated rings. The zero-order valence-electron chi connectivity index (χ0n) is 14.8. The van der Waals surface area contributed by atoms with E-state index in [0.29, 0.717) is 50.9 Å². The topological polar surface area (TPSA) is 99.8 Å². The van der Waals surface area contributed by atoms with Gasteiger partial charge in [-0.25, -0.2) is 0 Å². The minimum Gasteiger partial charge on any atom is -0.481 e. The van der Waals surface area contributed by atoms with Crippen LogP contribution in [0.1, 0.15) is 39.4 Å². The van der Waals surface area contributed by atoms with Gasteiger partial charge in [-0.3, -0.25) is 14.5 Å². The second kappa shape index (κ2) is 7.29. The van der Waals surface area contributed by atoms with Gasteiger partial charge in [0.05, 0.1) is 6.54 Å². The molecular formula is C16H26N4O4. The lowest BCUT2D eigenvalue weighted by Crippen LogP contribution is -2.53. The van der Waals surface area contributed by atoms with Gasteiger partial charge in [-0.1, -0.05) is 32.9 Å². The van der Waals surface area contributed by atoms with Crippen molar-refractivity contribution >= 4 is 11.9 Å². The summed E-state index contributed by atoms with van der Waals surface area (Å²) in [5, 5.41) is 13.3. The van der Waals surface area contributed by atoms with Crippen LogP contribution in [0.2, 0.25) is 0 Å². The van der Waals surface area contributed by atoms with E-state index in [4.69, 9.17) is 4.52 Å². The van der Waals surface area contributed by atoms with Crippen LogP contribution in [0.3, 0.4) is 0 Å². The van der Waals surface area contributed by atoms with E-state index in [0.717, 1.165) is 0 Å². The van der Waals surface area contributed by atoms with Gasteiger partial charge in [0.2, 0.25) is 11.8 Å². The highest BCUT2D eigenvalue weighted by molar-refractivity contribution is 5.97. The molecule has 1 atom stereocenters. The first kappa shape index (κ1) is 18.4. The monoisotopic (exact) mass is 338 g/mol. The van der Waals surface area contributed by atoms with Gasteiger partial charge in [-0.15, -0.1) is 0 Å². The number of carbonyl (C=O) groups excluding carboxylic acids is 1. The first-order valence-electron chi connectivity index (χ1n) is 8.27. The number of nitrogens with zero attached hydrogens (tertiary/aromatic N) is 4. The molecular weight excluding hydrogens is 312 g/mol. The molecule has 8 heteroatoms. The van der Waals surface area contributed by atoms with Gasteiger partial charge in [0.25, 0.3) is 0 Å². The van der Waals surface area contributed by atoms with Crippen LogP contribution in [0.5, 0.6) is 0 Å². The third kappa shape index (κ3) is 4.31. The van der Waals surface area contributed by atoms with Crippen LogP contribution in [0.25, 0.3) is 0 Å². The van der Waals surface area contributed by atoms with Crippen molar-refractivity contribution in [1.82, 2.24) is 19.9 Å². The average molecular weight is 338 g/mol. The SMILES string of the molecule is CCc1nc(CN2CCN(C(=O)C(C(=O)O)C(C)(C)C)CC2)no1. The maximum Gasteiger partial charge on any atom is 0.316 e. The van der Waals surface area contributed by atoms with E-state index in [2.05, 4.69) is 15.0 Å². The molecule has 2 rings (SSSR count). The standard InChI is InChI=1S/C16H26N4O4/c1-5-12-17-11(18-24-12)10-19-6-8-20(9-7-19)14(21)13(15(22)23)16(2,3)4/h13H,5-10H2,1-4H3,(H,22,23). The number of aliphatic carboxylic acids is 1. The summed E-state index contributed by atoms with van der Waals surface area (Å²) in [4.78, 5) is 32.1. The Morgan fingerprint density at radius 2 is 1.88 bits per heavy atom. The first-order chi connectivity index (χ1) is 11.2. The van der Waals surface area contributed by atoms with Crippen molar-refractivity contribution in [2.45, 2.75) is 40.7 Å². The molecule has 0 aromatic carbocycles. The summed E-state index contributed by atoms with van der Waals surface area (Å²) in [6.45, 7) is 10.2. The normalized spacial score (nSPS) is 17.8. The molecule has 1 amide bonds. The molecule has 8 nitrogen and oxygen atoms in total. The van der Waals surface area contributed by atoms with Crippen molar-refractivity contribution in [1.29, 1.82) is 0 Å². The van der Waals surface area contributed by atoms with Gasteiger partial charge in [-0.05, 0) is 5.41 Å². The lowest BCUT2D eigenvalue weighted by molar-refractivity contribution is -0.157. The van der Waals surface area contributed by atoms with E-state index < -0.39 is 17.3 Å². The molecule has 1 unspecified atom stereocenters. The van der Waals surface area contributed by atoms with Crippen LogP contribution < -0.4 is 0 Å². The molecule has 0 saturated carbocycles. The summed E-state index contributed by atoms with van der Waals surface area (Å²) in [7, 11) is 0. The molecule has 1 aromatic rings. The zero-order valence-corrected chi connectivity index (χ0v) is 14.8. The van der Waals surface area contributed by atoms with Gasteiger partial charge in [0.15, 0.2) is 5.82 Å². The molecule has 1 aromatic heterocycles. The number of hydrogen-bond donors (Lipinski definition) is 1. The molecule has 24 heavy (non-hydrogen) atoms. The number of carboxylic acids is 1. The first-order valence-corrected chi connectivity index (χ1v) is 8.27. The van der Waals surface area contributed by atoms with Crippen molar-refractivity contribution < 1.29 is 19.2 Å². The fraction of sp³-hybridized carbons (Fsp3) is 0.750. The lowest BCUT2D eigenvalue weighted by Gasteiger charge is -2.37. The highest BCUT2D eigenvalue weighted by Gasteiger charge is 2.40. The molecule has 0 radical (unpaired) electrons. The molecule has 1 N–H and O–H groups in total. The van der Waals surface area contributed by atoms with Crippen LogP contribution in [0, 0.1) is 11.3 Å². The van der Waals surface area contributed by atoms with E-state index in [-0.39, 0.29) is 5.91 Å². The number of amides is 1. The second-order valence-corrected chi connectivity index (χ2v) is 7.20. The molecule has 1 aliphatic rings. The molecule has 1 saturated heterocycles. The lowest BCUT2D eigenvalue weighted by atomic mass is 9.79. The number of carboxylic acid groups (broad SMARTS) is 1. The Balaban J connectivity index is 1.91. The van der Waals surface area contributed by atoms with Crippen molar-refractivity contribution in [3.8, 4) is 0 Å². The van der Waals surface area contributed by atoms with Gasteiger partial charge in [0.1, 0.15) is 5.92 Å². The van der Waals surface area contributed by atoms with Crippen LogP contribution in [-0.2, 0) is 22.6 Å². The predicted octanol–water partition coefficient (Wildman–Crippen LogP) is 1.02. The molecule has 1 aliphatic heterocycles. The fourth-order valence-electron chi connectivity index (χ4n) is 2.85. The van der Waals surface area contributed by atoms with Crippen molar-refractivity contribution in [3.05, 3.63) is 11.7 Å². The molecule has 0 spiro atoms. The fourth-order valence-corrected chi connectivity index (χ4v) is 2.85. The summed E-state index contributed by atoms with van der Waals surface area (Å²) in [5.41, 5.74) is -0.610. The highest BCUT2D eigenvalue weighted by Crippen LogP contribution is 2.28. The molecule has 0 bridgehead atoms. The summed E-state index contributed by atoms with van der Waals surface area (Å²) in [6, 6.07) is 0. The molecule has 2 heterocycles. The van der Waals surface area contributed by atoms with Gasteiger partial charge in [0, 0.05) is 32.6 Å². The van der Waals surface area contributed by atoms with Crippen LogP contribution in [-0.4, -0.2) is 63.1 Å². The largest absolute Gasteiger partial charge is 0.481 e. The third-order valence-electron chi connectivity index (χ3n) is 4.22. The van der Waals surface area contributed by atoms with Gasteiger partial charge >= 0.3 is 5.97 Å². The minimum absolute atomic E-state index is 0.303. The minimum atomic E-state index is -1.06. The van der Waals surface area contributed by atoms with Crippen molar-refractivity contribution in [2.24, 2.45) is 11.3 Å². The summed E-state index contributed by atoms with van der Waals surface area (Å²) in [6.07, 6.45) is 0.707. The summed E-state index contributed by atoms with van der Waals surface area (Å²) in [5.74, 6) is -1.12. The smallest absolute Gasteiger partial charge is 0.316 e. The average Bonchev–Trinajstić information content (AvgIpc) is 2.93. The zero-order chi connectivity index (χ0) is 17.9. The Kier molecular flexibility index (Phi) is 5.58. The van der Waals surface area contributed by atoms with Crippen molar-refractivity contribution in [2.75, 3.05) is 26.2 Å². The van der Waals surface area contributed by atoms with Crippen LogP contribution in [0.15, 0.2) is 4.52 Å². The Morgan fingerprint density at radius 1 is 1.25 bits per heavy atom. The van der Waals surface area contributed by atoms with E-state index in [9.17, 15) is 14.7 Å². The van der Waals surface area contributed by atoms with Gasteiger partial charge in [-0.2, -0.15) is 4.98 Å². The highest BCUT2D eigenvalue weighted by atomic mass is 16.5. The predicted molar refractivity (Wildman–Crippen MR) is 86.1 cm³/mol. The Hall–Kier alpha value is -1.96. The number of aryl methyl sites for hydroxylation is 1. The maximum absolute atomic E-state index is 12.6. The Morgan fingerprint density at radius 3 is 2.33 bits per heavy atom. The van der Waals surface area contributed by atoms with Crippen LogP contribution in [0.4, 0.5) is 0 Å². The number of rotatable bonds is 5. The number of aromatic nitrogens is 2. The third-order valence-corrected chi connectivity index (χ3v) is 4.22. The number of carbonyl (C=O) groups is 2. The number of piperazine rings is 1. The van der Waals surface area contributed by atoms with Crippen molar-refractivity contribution in [3.63, 3.8) is 0 Å². The van der Waals surface area contributed by atoms with Crippen LogP contribution >= 0.6 is 0 Å². The quantitative estimate of drug-likeness (QED) is 0.800.